The molecule has 0 saturated heterocycles. The molecule has 1 aliphatic carbocycles. The number of rotatable bonds is 3. The molecule has 0 amide bonds. The molecule has 0 spiro atoms. The molecule has 2 aliphatic rings. The second-order valence-electron chi connectivity index (χ2n) is 4.67. The number of fused-ring (bicyclic) bond motifs is 1. The summed E-state index contributed by atoms with van der Waals surface area (Å²) in [7, 11) is 0. The highest BCUT2D eigenvalue weighted by Crippen LogP contribution is 2.34. The van der Waals surface area contributed by atoms with Crippen LogP contribution in [0.5, 0.6) is 0 Å². The van der Waals surface area contributed by atoms with E-state index in [9.17, 15) is 4.79 Å². The van der Waals surface area contributed by atoms with Gasteiger partial charge in [-0.05, 0) is 30.4 Å². The molecule has 0 aromatic heterocycles. The Kier molecular flexibility index (Phi) is 2.01. The Morgan fingerprint density at radius 2 is 2.13 bits per heavy atom. The zero-order valence-electron chi connectivity index (χ0n) is 8.70. The minimum Gasteiger partial charge on any atom is -0.375 e. The number of anilines is 1. The van der Waals surface area contributed by atoms with Gasteiger partial charge in [-0.1, -0.05) is 18.2 Å². The predicted octanol–water partition coefficient (Wildman–Crippen LogP) is 2.39. The lowest BCUT2D eigenvalue weighted by molar-refractivity contribution is -0.120. The maximum absolute atomic E-state index is 11.9. The average molecular weight is 201 g/mol. The summed E-state index contributed by atoms with van der Waals surface area (Å²) in [6, 6.07) is 8.25. The molecule has 1 N–H and O–H groups in total. The Hall–Kier alpha value is -1.31. The third kappa shape index (κ3) is 1.76. The molecule has 78 valence electrons. The van der Waals surface area contributed by atoms with Gasteiger partial charge in [0.05, 0.1) is 6.04 Å². The highest BCUT2D eigenvalue weighted by atomic mass is 16.1. The summed E-state index contributed by atoms with van der Waals surface area (Å²) in [4.78, 5) is 11.9. The van der Waals surface area contributed by atoms with Gasteiger partial charge in [0, 0.05) is 18.5 Å². The second-order valence-corrected chi connectivity index (χ2v) is 4.67. The molecule has 1 aromatic rings. The maximum Gasteiger partial charge on any atom is 0.155 e. The summed E-state index contributed by atoms with van der Waals surface area (Å²) >= 11 is 0. The summed E-state index contributed by atoms with van der Waals surface area (Å²) < 4.78 is 0. The van der Waals surface area contributed by atoms with E-state index in [-0.39, 0.29) is 6.04 Å². The molecule has 1 unspecified atom stereocenters. The first-order valence-electron chi connectivity index (χ1n) is 5.70. The highest BCUT2D eigenvalue weighted by Gasteiger charge is 2.31. The summed E-state index contributed by atoms with van der Waals surface area (Å²) in [6.45, 7) is 0. The molecule has 0 radical (unpaired) electrons. The summed E-state index contributed by atoms with van der Waals surface area (Å²) in [5, 5.41) is 3.32. The Labute approximate surface area is 89.7 Å². The van der Waals surface area contributed by atoms with Crippen molar-refractivity contribution < 1.29 is 4.79 Å². The molecule has 2 nitrogen and oxygen atoms in total. The average Bonchev–Trinajstić information content (AvgIpc) is 2.95. The quantitative estimate of drug-likeness (QED) is 0.813. The predicted molar refractivity (Wildman–Crippen MR) is 59.9 cm³/mol. The van der Waals surface area contributed by atoms with Crippen molar-refractivity contribution in [1.82, 2.24) is 0 Å². The van der Waals surface area contributed by atoms with Crippen LogP contribution >= 0.6 is 0 Å². The first-order chi connectivity index (χ1) is 7.33. The molecule has 2 heteroatoms. The largest absolute Gasteiger partial charge is 0.375 e. The molecule has 1 atom stereocenters. The minimum absolute atomic E-state index is 0.0444. The molecule has 3 rings (SSSR count). The summed E-state index contributed by atoms with van der Waals surface area (Å²) in [5.41, 5.74) is 2.43. The fourth-order valence-corrected chi connectivity index (χ4v) is 2.24. The summed E-state index contributed by atoms with van der Waals surface area (Å²) in [5.74, 6) is 1.09. The van der Waals surface area contributed by atoms with Gasteiger partial charge in [0.2, 0.25) is 0 Å². The fourth-order valence-electron chi connectivity index (χ4n) is 2.24. The molecule has 0 bridgehead atoms. The van der Waals surface area contributed by atoms with E-state index in [1.54, 1.807) is 0 Å². The number of carbonyl (C=O) groups is 1. The number of nitrogens with one attached hydrogen (secondary N) is 1. The Morgan fingerprint density at radius 1 is 1.33 bits per heavy atom. The standard InChI is InChI=1S/C13H15NO/c15-13(7-9-5-6-9)12-8-10-3-1-2-4-11(10)14-12/h1-4,9,12,14H,5-8H2. The lowest BCUT2D eigenvalue weighted by Gasteiger charge is -2.09. The van der Waals surface area contributed by atoms with Crippen molar-refractivity contribution in [3.8, 4) is 0 Å². The fraction of sp³-hybridized carbons (Fsp3) is 0.462. The van der Waals surface area contributed by atoms with Gasteiger partial charge in [0.25, 0.3) is 0 Å². The molecular weight excluding hydrogens is 186 g/mol. The zero-order chi connectivity index (χ0) is 10.3. The van der Waals surface area contributed by atoms with Crippen LogP contribution in [0.2, 0.25) is 0 Å². The van der Waals surface area contributed by atoms with Gasteiger partial charge in [0.15, 0.2) is 5.78 Å². The minimum atomic E-state index is 0.0444. The van der Waals surface area contributed by atoms with Crippen LogP contribution in [0, 0.1) is 5.92 Å². The maximum atomic E-state index is 11.9. The monoisotopic (exact) mass is 201 g/mol. The van der Waals surface area contributed by atoms with Gasteiger partial charge in [-0.15, -0.1) is 0 Å². The van der Waals surface area contributed by atoms with Crippen molar-refractivity contribution in [3.05, 3.63) is 29.8 Å². The van der Waals surface area contributed by atoms with Crippen LogP contribution in [0.15, 0.2) is 24.3 Å². The number of para-hydroxylation sites is 1. The van der Waals surface area contributed by atoms with Gasteiger partial charge in [-0.25, -0.2) is 0 Å². The summed E-state index contributed by atoms with van der Waals surface area (Å²) in [6.07, 6.45) is 4.17. The van der Waals surface area contributed by atoms with E-state index in [0.29, 0.717) is 11.7 Å². The van der Waals surface area contributed by atoms with Gasteiger partial charge in [0.1, 0.15) is 0 Å². The number of ketones is 1. The first-order valence-corrected chi connectivity index (χ1v) is 5.70. The molecule has 1 aromatic carbocycles. The molecular formula is C13H15NO. The third-order valence-electron chi connectivity index (χ3n) is 3.35. The number of benzene rings is 1. The number of Topliss-reactive ketones (excluding diaryl/α,β-unsaturated/α-hetero) is 1. The first kappa shape index (κ1) is 8.96. The van der Waals surface area contributed by atoms with Crippen molar-refractivity contribution in [2.45, 2.75) is 31.7 Å². The van der Waals surface area contributed by atoms with Gasteiger partial charge >= 0.3 is 0 Å². The number of hydrogen-bond donors (Lipinski definition) is 1. The second kappa shape index (κ2) is 3.37. The SMILES string of the molecule is O=C(CC1CC1)C1Cc2ccccc2N1. The Balaban J connectivity index is 1.69. The lowest BCUT2D eigenvalue weighted by Crippen LogP contribution is -2.27. The van der Waals surface area contributed by atoms with Crippen LogP contribution < -0.4 is 5.32 Å². The van der Waals surface area contributed by atoms with Crippen LogP contribution in [0.4, 0.5) is 5.69 Å². The van der Waals surface area contributed by atoms with E-state index in [2.05, 4.69) is 17.4 Å². The molecule has 1 fully saturated rings. The van der Waals surface area contributed by atoms with E-state index in [4.69, 9.17) is 0 Å². The van der Waals surface area contributed by atoms with Crippen LogP contribution in [-0.2, 0) is 11.2 Å². The topological polar surface area (TPSA) is 29.1 Å². The van der Waals surface area contributed by atoms with Crippen molar-refractivity contribution in [1.29, 1.82) is 0 Å². The molecule has 1 saturated carbocycles. The highest BCUT2D eigenvalue weighted by molar-refractivity contribution is 5.89. The smallest absolute Gasteiger partial charge is 0.155 e. The van der Waals surface area contributed by atoms with Gasteiger partial charge < -0.3 is 5.32 Å². The normalized spacial score (nSPS) is 23.3. The van der Waals surface area contributed by atoms with E-state index in [1.165, 1.54) is 18.4 Å². The van der Waals surface area contributed by atoms with Crippen LogP contribution in [0.25, 0.3) is 0 Å². The molecule has 1 aliphatic heterocycles. The Morgan fingerprint density at radius 3 is 2.87 bits per heavy atom. The van der Waals surface area contributed by atoms with Crippen molar-refractivity contribution in [3.63, 3.8) is 0 Å². The van der Waals surface area contributed by atoms with Crippen molar-refractivity contribution in [2.75, 3.05) is 5.32 Å². The molecule has 15 heavy (non-hydrogen) atoms. The van der Waals surface area contributed by atoms with Crippen molar-refractivity contribution in [2.24, 2.45) is 5.92 Å². The number of hydrogen-bond acceptors (Lipinski definition) is 2. The van der Waals surface area contributed by atoms with Gasteiger partial charge in [-0.2, -0.15) is 0 Å². The van der Waals surface area contributed by atoms with E-state index in [1.807, 2.05) is 12.1 Å². The third-order valence-corrected chi connectivity index (χ3v) is 3.35. The van der Waals surface area contributed by atoms with Gasteiger partial charge in [-0.3, -0.25) is 4.79 Å². The van der Waals surface area contributed by atoms with Crippen LogP contribution in [0.3, 0.4) is 0 Å². The van der Waals surface area contributed by atoms with Crippen LogP contribution in [0.1, 0.15) is 24.8 Å². The van der Waals surface area contributed by atoms with E-state index < -0.39 is 0 Å². The zero-order valence-corrected chi connectivity index (χ0v) is 8.70. The Bertz CT molecular complexity index is 370. The van der Waals surface area contributed by atoms with Crippen molar-refractivity contribution >= 4 is 11.5 Å². The van der Waals surface area contributed by atoms with E-state index in [0.717, 1.165) is 18.5 Å². The van der Waals surface area contributed by atoms with Crippen LogP contribution in [-0.4, -0.2) is 11.8 Å². The number of carbonyl (C=O) groups excluding carboxylic acids is 1. The molecule has 1 heterocycles. The lowest BCUT2D eigenvalue weighted by atomic mass is 10.0. The van der Waals surface area contributed by atoms with E-state index >= 15 is 0 Å².